The Balaban J connectivity index is 1.48. The summed E-state index contributed by atoms with van der Waals surface area (Å²) in [4.78, 5) is 23.0. The number of hydrogen-bond donors (Lipinski definition) is 1. The van der Waals surface area contributed by atoms with Crippen molar-refractivity contribution in [1.82, 2.24) is 19.7 Å². The zero-order valence-corrected chi connectivity index (χ0v) is 16.4. The highest BCUT2D eigenvalue weighted by Gasteiger charge is 2.61. The predicted octanol–water partition coefficient (Wildman–Crippen LogP) is 3.74. The van der Waals surface area contributed by atoms with Gasteiger partial charge in [0.25, 0.3) is 0 Å². The molecule has 0 radical (unpaired) electrons. The molecule has 0 saturated heterocycles. The van der Waals surface area contributed by atoms with Gasteiger partial charge in [-0.25, -0.2) is 14.6 Å². The van der Waals surface area contributed by atoms with E-state index >= 15 is 0 Å². The lowest BCUT2D eigenvalue weighted by atomic mass is 9.46. The molecule has 4 bridgehead atoms. The third-order valence-electron chi connectivity index (χ3n) is 6.30. The first kappa shape index (κ1) is 15.9. The van der Waals surface area contributed by atoms with E-state index < -0.39 is 0 Å². The van der Waals surface area contributed by atoms with E-state index in [2.05, 4.69) is 36.3 Å². The van der Waals surface area contributed by atoms with Gasteiger partial charge in [0.1, 0.15) is 6.33 Å². The number of anilines is 1. The summed E-state index contributed by atoms with van der Waals surface area (Å²) in [5.74, 6) is 1.36. The van der Waals surface area contributed by atoms with E-state index in [1.54, 1.807) is 11.3 Å². The van der Waals surface area contributed by atoms with Gasteiger partial charge in [-0.05, 0) is 73.2 Å². The summed E-state index contributed by atoms with van der Waals surface area (Å²) in [6.45, 7) is 2.01. The first-order valence-corrected chi connectivity index (χ1v) is 10.4. The number of thiazole rings is 1. The average molecular weight is 422 g/mol. The standard InChI is InChI=1S/C17H20BrN5OS/c1-10-7-19-15(25-10)21-13(24)16-3-11-2-12(4-16)6-17(5-11,8-16)23-9-20-14(18)22-23/h7,9,11-12H,2-6,8H2,1H3,(H,19,21,24)/t11-,12+,16?,17?. The van der Waals surface area contributed by atoms with Gasteiger partial charge in [-0.2, -0.15) is 0 Å². The monoisotopic (exact) mass is 421 g/mol. The Bertz CT molecular complexity index is 832. The molecule has 6 nitrogen and oxygen atoms in total. The minimum absolute atomic E-state index is 0.0563. The summed E-state index contributed by atoms with van der Waals surface area (Å²) in [7, 11) is 0. The average Bonchev–Trinajstić information content (AvgIpc) is 3.15. The molecule has 4 aliphatic rings. The molecule has 0 spiro atoms. The van der Waals surface area contributed by atoms with Crippen molar-refractivity contribution in [3.05, 3.63) is 22.1 Å². The minimum Gasteiger partial charge on any atom is -0.301 e. The molecule has 0 aromatic carbocycles. The molecule has 2 unspecified atom stereocenters. The zero-order chi connectivity index (χ0) is 17.2. The number of halogens is 1. The Morgan fingerprint density at radius 2 is 2.08 bits per heavy atom. The SMILES string of the molecule is Cc1cnc(NC(=O)C23C[C@H]4C[C@@H](C2)CC(n2cnc(Br)n2)(C4)C3)s1. The number of carbonyl (C=O) groups is 1. The van der Waals surface area contributed by atoms with Crippen molar-refractivity contribution < 1.29 is 4.79 Å². The maximum Gasteiger partial charge on any atom is 0.232 e. The molecule has 2 heterocycles. The molecule has 1 amide bonds. The van der Waals surface area contributed by atoms with Crippen LogP contribution in [0.3, 0.4) is 0 Å². The van der Waals surface area contributed by atoms with Gasteiger partial charge in [0.2, 0.25) is 10.6 Å². The highest BCUT2D eigenvalue weighted by atomic mass is 79.9. The van der Waals surface area contributed by atoms with E-state index in [1.165, 1.54) is 6.42 Å². The Kier molecular flexibility index (Phi) is 3.42. The van der Waals surface area contributed by atoms with Crippen molar-refractivity contribution >= 4 is 38.3 Å². The largest absolute Gasteiger partial charge is 0.301 e. The summed E-state index contributed by atoms with van der Waals surface area (Å²) in [6.07, 6.45) is 9.98. The van der Waals surface area contributed by atoms with Crippen LogP contribution >= 0.6 is 27.3 Å². The smallest absolute Gasteiger partial charge is 0.232 e. The molecule has 4 saturated carbocycles. The Morgan fingerprint density at radius 1 is 1.32 bits per heavy atom. The lowest BCUT2D eigenvalue weighted by Gasteiger charge is -2.60. The van der Waals surface area contributed by atoms with E-state index in [1.807, 2.05) is 24.1 Å². The first-order chi connectivity index (χ1) is 12.0. The van der Waals surface area contributed by atoms with Crippen molar-refractivity contribution in [2.24, 2.45) is 17.3 Å². The van der Waals surface area contributed by atoms with Crippen LogP contribution in [-0.2, 0) is 10.3 Å². The van der Waals surface area contributed by atoms with Gasteiger partial charge < -0.3 is 5.32 Å². The van der Waals surface area contributed by atoms with Crippen LogP contribution in [-0.4, -0.2) is 25.7 Å². The summed E-state index contributed by atoms with van der Waals surface area (Å²) in [5.41, 5.74) is -0.346. The molecule has 6 rings (SSSR count). The van der Waals surface area contributed by atoms with E-state index in [0.717, 1.165) is 42.1 Å². The topological polar surface area (TPSA) is 72.7 Å². The quantitative estimate of drug-likeness (QED) is 0.818. The maximum absolute atomic E-state index is 13.3. The Morgan fingerprint density at radius 3 is 2.68 bits per heavy atom. The van der Waals surface area contributed by atoms with Crippen molar-refractivity contribution in [1.29, 1.82) is 0 Å². The van der Waals surface area contributed by atoms with Crippen molar-refractivity contribution in [3.63, 3.8) is 0 Å². The van der Waals surface area contributed by atoms with Crippen LogP contribution in [0.1, 0.15) is 43.4 Å². The molecule has 25 heavy (non-hydrogen) atoms. The van der Waals surface area contributed by atoms with E-state index in [4.69, 9.17) is 0 Å². The van der Waals surface area contributed by atoms with Crippen LogP contribution < -0.4 is 5.32 Å². The second-order valence-electron chi connectivity index (χ2n) is 8.15. The normalized spacial score (nSPS) is 35.9. The molecule has 0 aliphatic heterocycles. The molecular formula is C17H20BrN5OS. The molecule has 4 atom stereocenters. The molecule has 132 valence electrons. The second-order valence-corrected chi connectivity index (χ2v) is 10.1. The summed E-state index contributed by atoms with van der Waals surface area (Å²) in [5, 5.41) is 8.38. The van der Waals surface area contributed by atoms with Gasteiger partial charge in [-0.1, -0.05) is 0 Å². The molecule has 4 aliphatic carbocycles. The number of aryl methyl sites for hydroxylation is 1. The van der Waals surface area contributed by atoms with Crippen LogP contribution in [0.2, 0.25) is 0 Å². The fraction of sp³-hybridized carbons (Fsp3) is 0.647. The van der Waals surface area contributed by atoms with Crippen LogP contribution in [0.5, 0.6) is 0 Å². The molecule has 2 aromatic heterocycles. The first-order valence-electron chi connectivity index (χ1n) is 8.78. The van der Waals surface area contributed by atoms with E-state index in [0.29, 0.717) is 16.6 Å². The number of rotatable bonds is 3. The molecule has 4 fully saturated rings. The van der Waals surface area contributed by atoms with Gasteiger partial charge >= 0.3 is 0 Å². The predicted molar refractivity (Wildman–Crippen MR) is 98.3 cm³/mol. The van der Waals surface area contributed by atoms with Crippen molar-refractivity contribution in [3.8, 4) is 0 Å². The Labute approximate surface area is 158 Å². The molecule has 2 aromatic rings. The van der Waals surface area contributed by atoms with Gasteiger partial charge in [0.15, 0.2) is 5.13 Å². The molecular weight excluding hydrogens is 402 g/mol. The van der Waals surface area contributed by atoms with Gasteiger partial charge in [0.05, 0.1) is 11.0 Å². The fourth-order valence-corrected chi connectivity index (χ4v) is 6.78. The Hall–Kier alpha value is -1.28. The van der Waals surface area contributed by atoms with Gasteiger partial charge in [-0.3, -0.25) is 4.79 Å². The highest BCUT2D eigenvalue weighted by Crippen LogP contribution is 2.64. The summed E-state index contributed by atoms with van der Waals surface area (Å²) in [6, 6.07) is 0. The van der Waals surface area contributed by atoms with Crippen molar-refractivity contribution in [2.75, 3.05) is 5.32 Å². The maximum atomic E-state index is 13.3. The number of aromatic nitrogens is 4. The molecule has 8 heteroatoms. The van der Waals surface area contributed by atoms with Crippen LogP contribution in [0.25, 0.3) is 0 Å². The van der Waals surface area contributed by atoms with E-state index in [9.17, 15) is 4.79 Å². The minimum atomic E-state index is -0.290. The van der Waals surface area contributed by atoms with Gasteiger partial charge in [0, 0.05) is 11.1 Å². The van der Waals surface area contributed by atoms with Gasteiger partial charge in [-0.15, -0.1) is 16.4 Å². The number of amides is 1. The summed E-state index contributed by atoms with van der Waals surface area (Å²) >= 11 is 4.91. The van der Waals surface area contributed by atoms with Crippen molar-refractivity contribution in [2.45, 2.75) is 51.0 Å². The van der Waals surface area contributed by atoms with Crippen LogP contribution in [0.4, 0.5) is 5.13 Å². The second kappa shape index (κ2) is 5.36. The number of hydrogen-bond acceptors (Lipinski definition) is 5. The lowest BCUT2D eigenvalue weighted by molar-refractivity contribution is -0.150. The third-order valence-corrected chi connectivity index (χ3v) is 7.50. The lowest BCUT2D eigenvalue weighted by Crippen LogP contribution is -2.60. The highest BCUT2D eigenvalue weighted by molar-refractivity contribution is 9.10. The zero-order valence-electron chi connectivity index (χ0n) is 14.0. The number of nitrogens with zero attached hydrogens (tertiary/aromatic N) is 4. The van der Waals surface area contributed by atoms with Crippen LogP contribution in [0, 0.1) is 24.2 Å². The summed E-state index contributed by atoms with van der Waals surface area (Å²) < 4.78 is 2.66. The number of carbonyl (C=O) groups excluding carboxylic acids is 1. The van der Waals surface area contributed by atoms with E-state index in [-0.39, 0.29) is 16.9 Å². The molecule has 1 N–H and O–H groups in total. The van der Waals surface area contributed by atoms with Crippen LogP contribution in [0.15, 0.2) is 17.3 Å². The third kappa shape index (κ3) is 2.48. The number of nitrogens with one attached hydrogen (secondary N) is 1. The fourth-order valence-electron chi connectivity index (χ4n) is 5.86.